The Morgan fingerprint density at radius 1 is 1.45 bits per heavy atom. The molecule has 1 N–H and O–H groups in total. The van der Waals surface area contributed by atoms with Crippen LogP contribution in [0.25, 0.3) is 0 Å². The minimum absolute atomic E-state index is 0.200. The zero-order valence-electron chi connectivity index (χ0n) is 12.3. The molecule has 0 aromatic heterocycles. The Balaban J connectivity index is 2.66. The van der Waals surface area contributed by atoms with Crippen LogP contribution in [-0.4, -0.2) is 66.7 Å². The van der Waals surface area contributed by atoms with Gasteiger partial charge >= 0.3 is 0 Å². The van der Waals surface area contributed by atoms with E-state index in [0.29, 0.717) is 13.1 Å². The van der Waals surface area contributed by atoms with Crippen LogP contribution in [0.4, 0.5) is 0 Å². The molecule has 0 unspecified atom stereocenters. The molecule has 0 saturated carbocycles. The molecule has 112 valence electrons. The van der Waals surface area contributed by atoms with Crippen molar-refractivity contribution in [1.82, 2.24) is 15.1 Å². The second-order valence-corrected chi connectivity index (χ2v) is 5.36. The van der Waals surface area contributed by atoms with Crippen molar-refractivity contribution >= 4 is 35.4 Å². The molecule has 1 atom stereocenters. The minimum Gasteiger partial charge on any atom is -0.308 e. The number of nitrogens with zero attached hydrogens (tertiary/aromatic N) is 3. The highest BCUT2D eigenvalue weighted by molar-refractivity contribution is 7.80. The van der Waals surface area contributed by atoms with E-state index in [1.807, 2.05) is 25.9 Å². The van der Waals surface area contributed by atoms with Crippen molar-refractivity contribution in [2.45, 2.75) is 19.8 Å². The molecule has 0 aromatic rings. The van der Waals surface area contributed by atoms with Crippen molar-refractivity contribution in [3.8, 4) is 0 Å². The average Bonchev–Trinajstić information content (AvgIpc) is 2.37. The molecule has 1 aliphatic heterocycles. The number of unbranched alkanes of at least 4 members (excludes halogenated alkanes) is 1. The van der Waals surface area contributed by atoms with Gasteiger partial charge in [0.05, 0.1) is 6.54 Å². The number of hydrogen-bond donors (Lipinski definition) is 1. The number of aliphatic imine (C=N–C) groups is 1. The number of carbonyl (C=O) groups excluding carboxylic acids is 2. The number of amides is 2. The van der Waals surface area contributed by atoms with Crippen LogP contribution in [-0.2, 0) is 9.59 Å². The quantitative estimate of drug-likeness (QED) is 0.416. The highest BCUT2D eigenvalue weighted by atomic mass is 32.1. The van der Waals surface area contributed by atoms with Gasteiger partial charge in [-0.2, -0.15) is 0 Å². The summed E-state index contributed by atoms with van der Waals surface area (Å²) in [5.41, 5.74) is 0. The van der Waals surface area contributed by atoms with Gasteiger partial charge in [0.1, 0.15) is 0 Å². The van der Waals surface area contributed by atoms with Crippen LogP contribution >= 0.6 is 12.2 Å². The Morgan fingerprint density at radius 3 is 2.75 bits per heavy atom. The summed E-state index contributed by atoms with van der Waals surface area (Å²) in [6, 6.07) is 0. The first-order valence-electron chi connectivity index (χ1n) is 6.78. The molecule has 0 radical (unpaired) electrons. The van der Waals surface area contributed by atoms with E-state index in [2.05, 4.69) is 10.3 Å². The van der Waals surface area contributed by atoms with Crippen LogP contribution in [0.3, 0.4) is 0 Å². The van der Waals surface area contributed by atoms with E-state index in [4.69, 9.17) is 12.2 Å². The molecule has 1 aliphatic rings. The molecular formula is C13H22N4O2S. The monoisotopic (exact) mass is 298 g/mol. The van der Waals surface area contributed by atoms with Crippen LogP contribution in [0, 0.1) is 5.92 Å². The normalized spacial score (nSPS) is 20.1. The predicted octanol–water partition coefficient (Wildman–Crippen LogP) is 0.278. The third-order valence-electron chi connectivity index (χ3n) is 2.96. The Kier molecular flexibility index (Phi) is 6.74. The molecule has 1 saturated heterocycles. The lowest BCUT2D eigenvalue weighted by atomic mass is 10.1. The Labute approximate surface area is 125 Å². The summed E-state index contributed by atoms with van der Waals surface area (Å²) in [7, 11) is 3.89. The fraction of sp³-hybridized carbons (Fsp3) is 0.692. The number of hydrogen-bond acceptors (Lipinski definition) is 5. The Hall–Kier alpha value is -1.34. The van der Waals surface area contributed by atoms with E-state index in [1.54, 1.807) is 0 Å². The van der Waals surface area contributed by atoms with Crippen molar-refractivity contribution < 1.29 is 9.59 Å². The van der Waals surface area contributed by atoms with Crippen LogP contribution in [0.15, 0.2) is 4.99 Å². The maximum absolute atomic E-state index is 12.3. The lowest BCUT2D eigenvalue weighted by molar-refractivity contribution is -0.137. The second-order valence-electron chi connectivity index (χ2n) is 4.97. The molecule has 1 fully saturated rings. The predicted molar refractivity (Wildman–Crippen MR) is 82.8 cm³/mol. The lowest BCUT2D eigenvalue weighted by Gasteiger charge is -2.30. The van der Waals surface area contributed by atoms with Gasteiger partial charge in [0.25, 0.3) is 0 Å². The maximum Gasteiger partial charge on any atom is 0.246 e. The molecule has 0 bridgehead atoms. The van der Waals surface area contributed by atoms with Gasteiger partial charge in [-0.1, -0.05) is 13.3 Å². The molecule has 1 rings (SSSR count). The molecule has 6 nitrogen and oxygen atoms in total. The molecule has 20 heavy (non-hydrogen) atoms. The number of likely N-dealkylation sites (N-methyl/N-ethyl adjacent to an activating group) is 1. The van der Waals surface area contributed by atoms with Gasteiger partial charge in [-0.3, -0.25) is 19.5 Å². The third-order valence-corrected chi connectivity index (χ3v) is 3.28. The summed E-state index contributed by atoms with van der Waals surface area (Å²) >= 11 is 5.04. The van der Waals surface area contributed by atoms with Gasteiger partial charge in [-0.05, 0) is 32.7 Å². The topological polar surface area (TPSA) is 65.0 Å². The standard InChI is InChI=1S/C13H22N4O2S/c1-4-5-7-17-12(19)10(11(18)15-13(17)20)9-14-6-8-16(2)3/h9-10H,4-8H2,1-3H3,(H,15,18,20)/t10-/m1/s1. The molecule has 0 aliphatic carbocycles. The lowest BCUT2D eigenvalue weighted by Crippen LogP contribution is -2.58. The van der Waals surface area contributed by atoms with E-state index in [1.165, 1.54) is 11.1 Å². The van der Waals surface area contributed by atoms with Crippen LogP contribution < -0.4 is 5.32 Å². The van der Waals surface area contributed by atoms with Gasteiger partial charge in [0, 0.05) is 19.3 Å². The summed E-state index contributed by atoms with van der Waals surface area (Å²) in [5.74, 6) is -1.53. The van der Waals surface area contributed by atoms with Crippen LogP contribution in [0.5, 0.6) is 0 Å². The second kappa shape index (κ2) is 8.06. The first kappa shape index (κ1) is 16.7. The number of thiocarbonyl (C=S) groups is 1. The van der Waals surface area contributed by atoms with Gasteiger partial charge in [0.15, 0.2) is 11.0 Å². The molecule has 2 amide bonds. The van der Waals surface area contributed by atoms with Crippen LogP contribution in [0.2, 0.25) is 0 Å². The summed E-state index contributed by atoms with van der Waals surface area (Å²) in [6.07, 6.45) is 3.25. The van der Waals surface area contributed by atoms with E-state index in [0.717, 1.165) is 19.4 Å². The fourth-order valence-corrected chi connectivity index (χ4v) is 2.01. The van der Waals surface area contributed by atoms with E-state index in [-0.39, 0.29) is 16.9 Å². The molecule has 0 aromatic carbocycles. The highest BCUT2D eigenvalue weighted by Gasteiger charge is 2.36. The summed E-state index contributed by atoms with van der Waals surface area (Å²) in [5, 5.41) is 2.76. The van der Waals surface area contributed by atoms with E-state index < -0.39 is 5.92 Å². The SMILES string of the molecule is CCCCN1C(=O)[C@H](C=NCCN(C)C)C(=O)NC1=S. The largest absolute Gasteiger partial charge is 0.308 e. The molecule has 0 spiro atoms. The van der Waals surface area contributed by atoms with E-state index in [9.17, 15) is 9.59 Å². The van der Waals surface area contributed by atoms with Gasteiger partial charge < -0.3 is 10.2 Å². The minimum atomic E-state index is -0.860. The van der Waals surface area contributed by atoms with Gasteiger partial charge in [0.2, 0.25) is 11.8 Å². The zero-order valence-corrected chi connectivity index (χ0v) is 13.1. The summed E-state index contributed by atoms with van der Waals surface area (Å²) in [6.45, 7) is 3.91. The molecular weight excluding hydrogens is 276 g/mol. The van der Waals surface area contributed by atoms with Crippen molar-refractivity contribution in [3.63, 3.8) is 0 Å². The number of rotatable bonds is 7. The zero-order chi connectivity index (χ0) is 15.1. The molecule has 1 heterocycles. The summed E-state index contributed by atoms with van der Waals surface area (Å²) < 4.78 is 0. The van der Waals surface area contributed by atoms with Crippen LogP contribution in [0.1, 0.15) is 19.8 Å². The van der Waals surface area contributed by atoms with Crippen molar-refractivity contribution in [1.29, 1.82) is 0 Å². The molecule has 7 heteroatoms. The van der Waals surface area contributed by atoms with Crippen molar-refractivity contribution in [2.75, 3.05) is 33.7 Å². The van der Waals surface area contributed by atoms with Gasteiger partial charge in [-0.15, -0.1) is 0 Å². The van der Waals surface area contributed by atoms with Crippen molar-refractivity contribution in [3.05, 3.63) is 0 Å². The van der Waals surface area contributed by atoms with E-state index >= 15 is 0 Å². The number of nitrogens with one attached hydrogen (secondary N) is 1. The first-order chi connectivity index (χ1) is 9.47. The number of carbonyl (C=O) groups is 2. The van der Waals surface area contributed by atoms with Gasteiger partial charge in [-0.25, -0.2) is 0 Å². The van der Waals surface area contributed by atoms with Crippen molar-refractivity contribution in [2.24, 2.45) is 10.9 Å². The smallest absolute Gasteiger partial charge is 0.246 e. The highest BCUT2D eigenvalue weighted by Crippen LogP contribution is 2.10. The summed E-state index contributed by atoms with van der Waals surface area (Å²) in [4.78, 5) is 31.7. The Bertz CT molecular complexity index is 409. The maximum atomic E-state index is 12.3. The fourth-order valence-electron chi connectivity index (χ4n) is 1.73. The average molecular weight is 298 g/mol. The Morgan fingerprint density at radius 2 is 2.15 bits per heavy atom. The first-order valence-corrected chi connectivity index (χ1v) is 7.19. The third kappa shape index (κ3) is 4.64.